The van der Waals surface area contributed by atoms with Gasteiger partial charge >= 0.3 is 0 Å². The van der Waals surface area contributed by atoms with Crippen molar-refractivity contribution in [2.45, 2.75) is 26.4 Å². The highest BCUT2D eigenvalue weighted by molar-refractivity contribution is 5.46. The van der Waals surface area contributed by atoms with Crippen molar-refractivity contribution in [1.82, 2.24) is 15.0 Å². The summed E-state index contributed by atoms with van der Waals surface area (Å²) in [6, 6.07) is 3.72. The number of hydrogen-bond acceptors (Lipinski definition) is 6. The number of nitrogen functional groups attached to an aromatic ring is 1. The second kappa shape index (κ2) is 6.70. The molecule has 0 fully saturated rings. The number of pyridine rings is 1. The molecule has 6 heteroatoms. The highest BCUT2D eigenvalue weighted by atomic mass is 16.5. The summed E-state index contributed by atoms with van der Waals surface area (Å²) in [7, 11) is 0. The van der Waals surface area contributed by atoms with Gasteiger partial charge in [-0.15, -0.1) is 0 Å². The van der Waals surface area contributed by atoms with Crippen molar-refractivity contribution >= 4 is 11.8 Å². The molecule has 0 spiro atoms. The molecule has 0 radical (unpaired) electrons. The maximum atomic E-state index is 5.74. The first-order chi connectivity index (χ1) is 9.69. The molecular weight excluding hydrogens is 254 g/mol. The van der Waals surface area contributed by atoms with Crippen LogP contribution in [0.5, 0.6) is 5.75 Å². The van der Waals surface area contributed by atoms with E-state index in [4.69, 9.17) is 10.5 Å². The molecule has 1 atom stereocenters. The molecule has 2 heterocycles. The van der Waals surface area contributed by atoms with E-state index in [0.717, 1.165) is 23.6 Å². The molecule has 0 aliphatic rings. The zero-order valence-electron chi connectivity index (χ0n) is 11.7. The largest absolute Gasteiger partial charge is 0.487 e. The van der Waals surface area contributed by atoms with E-state index in [-0.39, 0.29) is 12.1 Å². The molecule has 0 amide bonds. The average molecular weight is 273 g/mol. The van der Waals surface area contributed by atoms with Gasteiger partial charge in [-0.3, -0.25) is 4.98 Å². The van der Waals surface area contributed by atoms with Gasteiger partial charge in [0, 0.05) is 18.0 Å². The normalized spacial score (nSPS) is 11.9. The van der Waals surface area contributed by atoms with Gasteiger partial charge < -0.3 is 15.8 Å². The van der Waals surface area contributed by atoms with E-state index in [1.165, 1.54) is 0 Å². The van der Waals surface area contributed by atoms with Crippen molar-refractivity contribution in [3.63, 3.8) is 0 Å². The van der Waals surface area contributed by atoms with Gasteiger partial charge in [0.05, 0.1) is 12.7 Å². The van der Waals surface area contributed by atoms with Gasteiger partial charge in [0.15, 0.2) is 0 Å². The molecule has 106 valence electrons. The Morgan fingerprint density at radius 3 is 2.95 bits per heavy atom. The van der Waals surface area contributed by atoms with Crippen molar-refractivity contribution in [2.75, 3.05) is 17.6 Å². The van der Waals surface area contributed by atoms with Gasteiger partial charge in [0.2, 0.25) is 5.95 Å². The van der Waals surface area contributed by atoms with Crippen LogP contribution in [-0.4, -0.2) is 27.6 Å². The van der Waals surface area contributed by atoms with E-state index in [2.05, 4.69) is 27.2 Å². The van der Waals surface area contributed by atoms with Crippen LogP contribution in [0.25, 0.3) is 0 Å². The monoisotopic (exact) mass is 273 g/mol. The lowest BCUT2D eigenvalue weighted by Gasteiger charge is -2.16. The minimum Gasteiger partial charge on any atom is -0.487 e. The third-order valence-corrected chi connectivity index (χ3v) is 2.79. The van der Waals surface area contributed by atoms with Crippen LogP contribution in [-0.2, 0) is 6.42 Å². The SMILES string of the molecule is CCc1cnc(N)nc1NCC(C)Oc1cccnc1. The molecule has 2 aromatic rings. The summed E-state index contributed by atoms with van der Waals surface area (Å²) in [5.74, 6) is 1.78. The van der Waals surface area contributed by atoms with Crippen LogP contribution in [0.4, 0.5) is 11.8 Å². The molecule has 0 saturated carbocycles. The molecule has 0 saturated heterocycles. The van der Waals surface area contributed by atoms with Crippen LogP contribution in [0.3, 0.4) is 0 Å². The van der Waals surface area contributed by atoms with Gasteiger partial charge in [-0.05, 0) is 25.5 Å². The first-order valence-electron chi connectivity index (χ1n) is 6.61. The number of nitrogens with two attached hydrogens (primary N) is 1. The quantitative estimate of drug-likeness (QED) is 0.836. The van der Waals surface area contributed by atoms with Gasteiger partial charge in [-0.1, -0.05) is 6.92 Å². The lowest BCUT2D eigenvalue weighted by molar-refractivity contribution is 0.233. The Labute approximate surface area is 118 Å². The molecule has 0 bridgehead atoms. The molecule has 0 aromatic carbocycles. The number of aromatic nitrogens is 3. The van der Waals surface area contributed by atoms with Crippen molar-refractivity contribution in [3.8, 4) is 5.75 Å². The molecule has 0 aliphatic carbocycles. The van der Waals surface area contributed by atoms with Gasteiger partial charge in [-0.2, -0.15) is 4.98 Å². The molecular formula is C14H19N5O. The van der Waals surface area contributed by atoms with Crippen molar-refractivity contribution < 1.29 is 4.74 Å². The molecule has 20 heavy (non-hydrogen) atoms. The average Bonchev–Trinajstić information content (AvgIpc) is 2.46. The number of ether oxygens (including phenoxy) is 1. The summed E-state index contributed by atoms with van der Waals surface area (Å²) in [4.78, 5) is 12.2. The summed E-state index contributed by atoms with van der Waals surface area (Å²) >= 11 is 0. The number of nitrogens with zero attached hydrogens (tertiary/aromatic N) is 3. The van der Waals surface area contributed by atoms with Gasteiger partial charge in [0.25, 0.3) is 0 Å². The van der Waals surface area contributed by atoms with Gasteiger partial charge in [-0.25, -0.2) is 4.98 Å². The fraction of sp³-hybridized carbons (Fsp3) is 0.357. The lowest BCUT2D eigenvalue weighted by atomic mass is 10.2. The van der Waals surface area contributed by atoms with E-state index < -0.39 is 0 Å². The van der Waals surface area contributed by atoms with Crippen molar-refractivity contribution in [3.05, 3.63) is 36.3 Å². The maximum Gasteiger partial charge on any atom is 0.221 e. The number of anilines is 2. The van der Waals surface area contributed by atoms with Crippen LogP contribution in [0, 0.1) is 0 Å². The predicted molar refractivity (Wildman–Crippen MR) is 78.6 cm³/mol. The standard InChI is InChI=1S/C14H19N5O/c1-3-11-8-18-14(15)19-13(11)17-7-10(2)20-12-5-4-6-16-9-12/h4-6,8-10H,3,7H2,1-2H3,(H3,15,17,18,19). The minimum atomic E-state index is -0.0138. The third-order valence-electron chi connectivity index (χ3n) is 2.79. The Hall–Kier alpha value is -2.37. The summed E-state index contributed by atoms with van der Waals surface area (Å²) in [5.41, 5.74) is 6.65. The second-order valence-corrected chi connectivity index (χ2v) is 4.45. The number of rotatable bonds is 6. The molecule has 2 aromatic heterocycles. The highest BCUT2D eigenvalue weighted by Crippen LogP contribution is 2.14. The first kappa shape index (κ1) is 14.0. The van der Waals surface area contributed by atoms with E-state index >= 15 is 0 Å². The minimum absolute atomic E-state index is 0.0138. The topological polar surface area (TPSA) is 86.0 Å². The first-order valence-corrected chi connectivity index (χ1v) is 6.61. The summed E-state index contributed by atoms with van der Waals surface area (Å²) in [5, 5.41) is 3.25. The summed E-state index contributed by atoms with van der Waals surface area (Å²) in [6.07, 6.45) is 5.99. The Bertz CT molecular complexity index is 547. The molecule has 0 aliphatic heterocycles. The molecule has 2 rings (SSSR count). The number of nitrogens with one attached hydrogen (secondary N) is 1. The summed E-state index contributed by atoms with van der Waals surface area (Å²) in [6.45, 7) is 4.66. The number of aryl methyl sites for hydroxylation is 1. The van der Waals surface area contributed by atoms with Crippen molar-refractivity contribution in [1.29, 1.82) is 0 Å². The Morgan fingerprint density at radius 2 is 2.25 bits per heavy atom. The number of hydrogen-bond donors (Lipinski definition) is 2. The molecule has 6 nitrogen and oxygen atoms in total. The Balaban J connectivity index is 1.93. The molecule has 3 N–H and O–H groups in total. The van der Waals surface area contributed by atoms with Crippen LogP contribution in [0.15, 0.2) is 30.7 Å². The van der Waals surface area contributed by atoms with E-state index in [1.54, 1.807) is 18.6 Å². The molecule has 1 unspecified atom stereocenters. The second-order valence-electron chi connectivity index (χ2n) is 4.45. The Kier molecular flexibility index (Phi) is 4.70. The zero-order valence-corrected chi connectivity index (χ0v) is 11.7. The lowest BCUT2D eigenvalue weighted by Crippen LogP contribution is -2.23. The smallest absolute Gasteiger partial charge is 0.221 e. The van der Waals surface area contributed by atoms with E-state index in [1.807, 2.05) is 19.1 Å². The van der Waals surface area contributed by atoms with Crippen LogP contribution >= 0.6 is 0 Å². The van der Waals surface area contributed by atoms with Crippen LogP contribution in [0.1, 0.15) is 19.4 Å². The van der Waals surface area contributed by atoms with Crippen molar-refractivity contribution in [2.24, 2.45) is 0 Å². The fourth-order valence-electron chi connectivity index (χ4n) is 1.76. The maximum absolute atomic E-state index is 5.74. The van der Waals surface area contributed by atoms with Gasteiger partial charge in [0.1, 0.15) is 17.7 Å². The Morgan fingerprint density at radius 1 is 1.40 bits per heavy atom. The van der Waals surface area contributed by atoms with E-state index in [9.17, 15) is 0 Å². The summed E-state index contributed by atoms with van der Waals surface area (Å²) < 4.78 is 5.74. The van der Waals surface area contributed by atoms with Crippen LogP contribution < -0.4 is 15.8 Å². The fourth-order valence-corrected chi connectivity index (χ4v) is 1.76. The zero-order chi connectivity index (χ0) is 14.4. The van der Waals surface area contributed by atoms with Crippen LogP contribution in [0.2, 0.25) is 0 Å². The highest BCUT2D eigenvalue weighted by Gasteiger charge is 2.08. The van der Waals surface area contributed by atoms with E-state index in [0.29, 0.717) is 6.54 Å². The third kappa shape index (κ3) is 3.81. The predicted octanol–water partition coefficient (Wildman–Crippen LogP) is 1.90.